The fraction of sp³-hybridized carbons (Fsp3) is 0.364. The summed E-state index contributed by atoms with van der Waals surface area (Å²) in [7, 11) is 2.91. The maximum atomic E-state index is 11.2. The first-order chi connectivity index (χ1) is 7.58. The molecule has 0 aliphatic carbocycles. The first-order valence-corrected chi connectivity index (χ1v) is 5.53. The van der Waals surface area contributed by atoms with E-state index in [1.807, 2.05) is 18.2 Å². The Morgan fingerprint density at radius 1 is 1.50 bits per heavy atom. The highest BCUT2D eigenvalue weighted by atomic mass is 79.9. The minimum atomic E-state index is -0.659. The van der Waals surface area contributed by atoms with Crippen LogP contribution in [0.25, 0.3) is 0 Å². The lowest BCUT2D eigenvalue weighted by Crippen LogP contribution is -2.33. The van der Waals surface area contributed by atoms with Crippen molar-refractivity contribution in [2.45, 2.75) is 12.5 Å². The second-order valence-corrected chi connectivity index (χ2v) is 4.15. The third-order valence-corrected chi connectivity index (χ3v) is 2.97. The van der Waals surface area contributed by atoms with E-state index in [1.165, 1.54) is 7.11 Å². The number of esters is 1. The quantitative estimate of drug-likeness (QED) is 0.853. The average molecular weight is 288 g/mol. The second-order valence-electron chi connectivity index (χ2n) is 3.29. The van der Waals surface area contributed by atoms with Crippen molar-refractivity contribution >= 4 is 21.9 Å². The fourth-order valence-electron chi connectivity index (χ4n) is 1.31. The topological polar surface area (TPSA) is 61.5 Å². The van der Waals surface area contributed by atoms with Crippen LogP contribution in [0.15, 0.2) is 22.7 Å². The maximum absolute atomic E-state index is 11.2. The summed E-state index contributed by atoms with van der Waals surface area (Å²) in [5.74, 6) is 0.310. The average Bonchev–Trinajstić information content (AvgIpc) is 2.30. The molecule has 1 atom stereocenters. The van der Waals surface area contributed by atoms with E-state index in [0.717, 1.165) is 15.8 Å². The Hall–Kier alpha value is -1.07. The van der Waals surface area contributed by atoms with Crippen LogP contribution >= 0.6 is 15.9 Å². The van der Waals surface area contributed by atoms with E-state index in [-0.39, 0.29) is 0 Å². The molecule has 0 bridgehead atoms. The molecule has 0 amide bonds. The fourth-order valence-corrected chi connectivity index (χ4v) is 1.71. The molecule has 0 fully saturated rings. The molecule has 1 aromatic carbocycles. The molecule has 1 rings (SSSR count). The van der Waals surface area contributed by atoms with Crippen molar-refractivity contribution in [3.8, 4) is 5.75 Å². The number of carbonyl (C=O) groups excluding carboxylic acids is 1. The van der Waals surface area contributed by atoms with E-state index in [0.29, 0.717) is 6.42 Å². The van der Waals surface area contributed by atoms with Crippen LogP contribution in [0.3, 0.4) is 0 Å². The van der Waals surface area contributed by atoms with Crippen molar-refractivity contribution in [3.63, 3.8) is 0 Å². The zero-order valence-electron chi connectivity index (χ0n) is 9.20. The monoisotopic (exact) mass is 287 g/mol. The van der Waals surface area contributed by atoms with Gasteiger partial charge in [-0.25, -0.2) is 0 Å². The molecule has 16 heavy (non-hydrogen) atoms. The molecular weight excluding hydrogens is 274 g/mol. The van der Waals surface area contributed by atoms with Gasteiger partial charge in [0.15, 0.2) is 0 Å². The number of methoxy groups -OCH3 is 2. The lowest BCUT2D eigenvalue weighted by atomic mass is 10.1. The van der Waals surface area contributed by atoms with Gasteiger partial charge in [0.2, 0.25) is 0 Å². The van der Waals surface area contributed by atoms with E-state index in [2.05, 4.69) is 20.7 Å². The van der Waals surface area contributed by atoms with Gasteiger partial charge in [0, 0.05) is 4.47 Å². The number of hydrogen-bond donors (Lipinski definition) is 1. The van der Waals surface area contributed by atoms with Gasteiger partial charge in [-0.3, -0.25) is 4.79 Å². The SMILES string of the molecule is COC(=O)C(N)Cc1cc(OC)ccc1Br. The van der Waals surface area contributed by atoms with E-state index in [1.54, 1.807) is 7.11 Å². The number of hydrogen-bond acceptors (Lipinski definition) is 4. The van der Waals surface area contributed by atoms with Crippen molar-refractivity contribution in [2.24, 2.45) is 5.73 Å². The molecule has 4 nitrogen and oxygen atoms in total. The van der Waals surface area contributed by atoms with Gasteiger partial charge in [0.05, 0.1) is 14.2 Å². The lowest BCUT2D eigenvalue weighted by molar-refractivity contribution is -0.142. The van der Waals surface area contributed by atoms with Gasteiger partial charge in [-0.1, -0.05) is 15.9 Å². The highest BCUT2D eigenvalue weighted by Crippen LogP contribution is 2.23. The van der Waals surface area contributed by atoms with Crippen LogP contribution in [0, 0.1) is 0 Å². The molecule has 5 heteroatoms. The summed E-state index contributed by atoms with van der Waals surface area (Å²) < 4.78 is 10.6. The number of nitrogens with two attached hydrogens (primary N) is 1. The summed E-state index contributed by atoms with van der Waals surface area (Å²) in [5, 5.41) is 0. The zero-order chi connectivity index (χ0) is 12.1. The van der Waals surface area contributed by atoms with E-state index >= 15 is 0 Å². The van der Waals surface area contributed by atoms with Gasteiger partial charge in [-0.2, -0.15) is 0 Å². The highest BCUT2D eigenvalue weighted by Gasteiger charge is 2.16. The van der Waals surface area contributed by atoms with Gasteiger partial charge in [-0.15, -0.1) is 0 Å². The third kappa shape index (κ3) is 3.21. The Morgan fingerprint density at radius 2 is 2.19 bits per heavy atom. The predicted molar refractivity (Wildman–Crippen MR) is 64.4 cm³/mol. The molecule has 0 aromatic heterocycles. The number of rotatable bonds is 4. The Balaban J connectivity index is 2.83. The standard InChI is InChI=1S/C11H14BrNO3/c1-15-8-3-4-9(12)7(5-8)6-10(13)11(14)16-2/h3-5,10H,6,13H2,1-2H3. The van der Waals surface area contributed by atoms with Crippen molar-refractivity contribution in [3.05, 3.63) is 28.2 Å². The molecule has 2 N–H and O–H groups in total. The van der Waals surface area contributed by atoms with Crippen LogP contribution in [0.4, 0.5) is 0 Å². The first kappa shape index (κ1) is 13.0. The van der Waals surface area contributed by atoms with Crippen molar-refractivity contribution in [2.75, 3.05) is 14.2 Å². The van der Waals surface area contributed by atoms with E-state index in [4.69, 9.17) is 10.5 Å². The van der Waals surface area contributed by atoms with Crippen molar-refractivity contribution in [1.82, 2.24) is 0 Å². The molecule has 88 valence electrons. The summed E-state index contributed by atoms with van der Waals surface area (Å²) in [5.41, 5.74) is 6.60. The molecule has 0 saturated carbocycles. The highest BCUT2D eigenvalue weighted by molar-refractivity contribution is 9.10. The number of ether oxygens (including phenoxy) is 2. The molecule has 1 aromatic rings. The molecule has 0 radical (unpaired) electrons. The number of benzene rings is 1. The van der Waals surface area contributed by atoms with Gasteiger partial charge in [-0.05, 0) is 30.2 Å². The van der Waals surface area contributed by atoms with Crippen molar-refractivity contribution in [1.29, 1.82) is 0 Å². The molecule has 0 heterocycles. The molecule has 0 spiro atoms. The summed E-state index contributed by atoms with van der Waals surface area (Å²) in [6.45, 7) is 0. The Bertz CT molecular complexity index is 381. The summed E-state index contributed by atoms with van der Waals surface area (Å²) >= 11 is 3.40. The minimum absolute atomic E-state index is 0.407. The molecule has 0 aliphatic rings. The van der Waals surface area contributed by atoms with Crippen LogP contribution in [-0.2, 0) is 16.0 Å². The zero-order valence-corrected chi connectivity index (χ0v) is 10.8. The third-order valence-electron chi connectivity index (χ3n) is 2.20. The van der Waals surface area contributed by atoms with Crippen LogP contribution in [0.2, 0.25) is 0 Å². The second kappa shape index (κ2) is 5.86. The lowest BCUT2D eigenvalue weighted by Gasteiger charge is -2.11. The van der Waals surface area contributed by atoms with Gasteiger partial charge >= 0.3 is 5.97 Å². The Morgan fingerprint density at radius 3 is 2.75 bits per heavy atom. The van der Waals surface area contributed by atoms with Gasteiger partial charge < -0.3 is 15.2 Å². The summed E-state index contributed by atoms with van der Waals surface area (Å²) in [6.07, 6.45) is 0.407. The minimum Gasteiger partial charge on any atom is -0.497 e. The van der Waals surface area contributed by atoms with Gasteiger partial charge in [0.25, 0.3) is 0 Å². The van der Waals surface area contributed by atoms with Gasteiger partial charge in [0.1, 0.15) is 11.8 Å². The Kier molecular flexibility index (Phi) is 4.76. The van der Waals surface area contributed by atoms with Crippen molar-refractivity contribution < 1.29 is 14.3 Å². The van der Waals surface area contributed by atoms with Crippen LogP contribution < -0.4 is 10.5 Å². The normalized spacial score (nSPS) is 12.0. The summed E-state index contributed by atoms with van der Waals surface area (Å²) in [4.78, 5) is 11.2. The Labute approximate surface area is 103 Å². The van der Waals surface area contributed by atoms with Crippen LogP contribution in [0.5, 0.6) is 5.75 Å². The molecule has 0 aliphatic heterocycles. The summed E-state index contributed by atoms with van der Waals surface area (Å²) in [6, 6.07) is 4.87. The van der Waals surface area contributed by atoms with Crippen LogP contribution in [0.1, 0.15) is 5.56 Å². The first-order valence-electron chi connectivity index (χ1n) is 4.74. The smallest absolute Gasteiger partial charge is 0.322 e. The molecule has 0 saturated heterocycles. The van der Waals surface area contributed by atoms with E-state index < -0.39 is 12.0 Å². The van der Waals surface area contributed by atoms with Crippen LogP contribution in [-0.4, -0.2) is 26.2 Å². The molecular formula is C11H14BrNO3. The number of halogens is 1. The predicted octanol–water partition coefficient (Wildman–Crippen LogP) is 1.50. The van der Waals surface area contributed by atoms with E-state index in [9.17, 15) is 4.79 Å². The largest absolute Gasteiger partial charge is 0.497 e. The molecule has 1 unspecified atom stereocenters. The maximum Gasteiger partial charge on any atom is 0.322 e. The number of carbonyl (C=O) groups is 1.